The fourth-order valence-electron chi connectivity index (χ4n) is 1.70. The molecule has 1 aromatic heterocycles. The Morgan fingerprint density at radius 2 is 2.10 bits per heavy atom. The number of aromatic nitrogens is 2. The van der Waals surface area contributed by atoms with Crippen LogP contribution in [0.4, 0.5) is 0 Å². The number of amides is 1. The summed E-state index contributed by atoms with van der Waals surface area (Å²) in [5.41, 5.74) is 0.532. The van der Waals surface area contributed by atoms with E-state index in [1.807, 2.05) is 24.3 Å². The van der Waals surface area contributed by atoms with Crippen molar-refractivity contribution in [2.45, 2.75) is 0 Å². The Bertz CT molecular complexity index is 581. The molecule has 6 nitrogen and oxygen atoms in total. The molecule has 0 saturated heterocycles. The lowest BCUT2D eigenvalue weighted by molar-refractivity contribution is 0.0946. The van der Waals surface area contributed by atoms with Gasteiger partial charge in [-0.3, -0.25) is 9.48 Å². The molecule has 2 rings (SSSR count). The Kier molecular flexibility index (Phi) is 4.60. The van der Waals surface area contributed by atoms with Crippen LogP contribution in [0.3, 0.4) is 0 Å². The number of hydrogen-bond acceptors (Lipinski definition) is 4. The van der Waals surface area contributed by atoms with Crippen LogP contribution in [0.2, 0.25) is 0 Å². The zero-order chi connectivity index (χ0) is 14.4. The second kappa shape index (κ2) is 6.60. The molecule has 0 atom stereocenters. The van der Waals surface area contributed by atoms with Crippen molar-refractivity contribution in [3.8, 4) is 11.5 Å². The van der Waals surface area contributed by atoms with Gasteiger partial charge in [0, 0.05) is 13.2 Å². The summed E-state index contributed by atoms with van der Waals surface area (Å²) < 4.78 is 12.3. The van der Waals surface area contributed by atoms with E-state index in [0.717, 1.165) is 0 Å². The molecule has 1 amide bonds. The molecule has 0 fully saturated rings. The topological polar surface area (TPSA) is 65.4 Å². The Morgan fingerprint density at radius 3 is 2.75 bits per heavy atom. The van der Waals surface area contributed by atoms with E-state index < -0.39 is 0 Å². The van der Waals surface area contributed by atoms with Crippen molar-refractivity contribution in [1.29, 1.82) is 0 Å². The standard InChI is InChI=1S/C14H17N3O3/c1-17-10-11(9-16-17)14(18)15-7-8-20-13-6-4-3-5-12(13)19-2/h3-6,9-10H,7-8H2,1-2H3,(H,15,18). The SMILES string of the molecule is COc1ccccc1OCCNC(=O)c1cnn(C)c1. The van der Waals surface area contributed by atoms with Crippen molar-refractivity contribution in [1.82, 2.24) is 15.1 Å². The van der Waals surface area contributed by atoms with E-state index in [1.54, 1.807) is 25.0 Å². The lowest BCUT2D eigenvalue weighted by atomic mass is 10.3. The van der Waals surface area contributed by atoms with Gasteiger partial charge in [-0.05, 0) is 12.1 Å². The summed E-state index contributed by atoms with van der Waals surface area (Å²) in [5, 5.41) is 6.71. The van der Waals surface area contributed by atoms with Gasteiger partial charge >= 0.3 is 0 Å². The third-order valence-corrected chi connectivity index (χ3v) is 2.68. The summed E-state index contributed by atoms with van der Waals surface area (Å²) in [5.74, 6) is 1.17. The van der Waals surface area contributed by atoms with E-state index in [9.17, 15) is 4.79 Å². The summed E-state index contributed by atoms with van der Waals surface area (Å²) >= 11 is 0. The van der Waals surface area contributed by atoms with Crippen molar-refractivity contribution in [2.24, 2.45) is 7.05 Å². The lowest BCUT2D eigenvalue weighted by Gasteiger charge is -2.10. The molecule has 0 spiro atoms. The summed E-state index contributed by atoms with van der Waals surface area (Å²) in [6.07, 6.45) is 3.19. The number of carbonyl (C=O) groups is 1. The Morgan fingerprint density at radius 1 is 1.35 bits per heavy atom. The first-order valence-electron chi connectivity index (χ1n) is 6.23. The molecule has 6 heteroatoms. The van der Waals surface area contributed by atoms with E-state index in [-0.39, 0.29) is 5.91 Å². The molecule has 0 aliphatic rings. The van der Waals surface area contributed by atoms with E-state index in [0.29, 0.717) is 30.2 Å². The zero-order valence-electron chi connectivity index (χ0n) is 11.5. The van der Waals surface area contributed by atoms with Gasteiger partial charge in [-0.2, -0.15) is 5.10 Å². The van der Waals surface area contributed by atoms with Gasteiger partial charge in [0.1, 0.15) is 6.61 Å². The lowest BCUT2D eigenvalue weighted by Crippen LogP contribution is -2.27. The molecule has 20 heavy (non-hydrogen) atoms. The van der Waals surface area contributed by atoms with Crippen LogP contribution in [0.1, 0.15) is 10.4 Å². The quantitative estimate of drug-likeness (QED) is 0.805. The van der Waals surface area contributed by atoms with E-state index in [2.05, 4.69) is 10.4 Å². The molecule has 0 radical (unpaired) electrons. The Hall–Kier alpha value is -2.50. The first kappa shape index (κ1) is 13.9. The second-order valence-electron chi connectivity index (χ2n) is 4.16. The molecular formula is C14H17N3O3. The molecule has 0 aliphatic heterocycles. The highest BCUT2D eigenvalue weighted by molar-refractivity contribution is 5.93. The largest absolute Gasteiger partial charge is 0.493 e. The van der Waals surface area contributed by atoms with Crippen molar-refractivity contribution in [3.63, 3.8) is 0 Å². The molecule has 0 unspecified atom stereocenters. The van der Waals surface area contributed by atoms with Crippen LogP contribution in [0, 0.1) is 0 Å². The van der Waals surface area contributed by atoms with Gasteiger partial charge in [0.2, 0.25) is 0 Å². The highest BCUT2D eigenvalue weighted by Crippen LogP contribution is 2.25. The molecule has 0 bridgehead atoms. The Balaban J connectivity index is 1.78. The van der Waals surface area contributed by atoms with Crippen LogP contribution in [0.5, 0.6) is 11.5 Å². The highest BCUT2D eigenvalue weighted by atomic mass is 16.5. The number of hydrogen-bond donors (Lipinski definition) is 1. The Labute approximate surface area is 117 Å². The van der Waals surface area contributed by atoms with Crippen LogP contribution in [-0.2, 0) is 7.05 Å². The molecule has 1 N–H and O–H groups in total. The zero-order valence-corrected chi connectivity index (χ0v) is 11.5. The van der Waals surface area contributed by atoms with Crippen LogP contribution >= 0.6 is 0 Å². The predicted molar refractivity (Wildman–Crippen MR) is 74.0 cm³/mol. The first-order valence-corrected chi connectivity index (χ1v) is 6.23. The number of para-hydroxylation sites is 2. The fraction of sp³-hybridized carbons (Fsp3) is 0.286. The van der Waals surface area contributed by atoms with Crippen molar-refractivity contribution >= 4 is 5.91 Å². The maximum atomic E-state index is 11.7. The van der Waals surface area contributed by atoms with Gasteiger partial charge < -0.3 is 14.8 Å². The normalized spacial score (nSPS) is 10.1. The molecule has 1 heterocycles. The first-order chi connectivity index (χ1) is 9.70. The molecule has 106 valence electrons. The third kappa shape index (κ3) is 3.50. The maximum Gasteiger partial charge on any atom is 0.254 e. The summed E-state index contributed by atoms with van der Waals surface area (Å²) in [7, 11) is 3.36. The number of nitrogens with zero attached hydrogens (tertiary/aromatic N) is 2. The molecule has 1 aromatic carbocycles. The highest BCUT2D eigenvalue weighted by Gasteiger charge is 2.07. The van der Waals surface area contributed by atoms with Gasteiger partial charge in [-0.15, -0.1) is 0 Å². The number of rotatable bonds is 6. The molecular weight excluding hydrogens is 258 g/mol. The summed E-state index contributed by atoms with van der Waals surface area (Å²) in [6.45, 7) is 0.776. The fourth-order valence-corrected chi connectivity index (χ4v) is 1.70. The number of nitrogens with one attached hydrogen (secondary N) is 1. The smallest absolute Gasteiger partial charge is 0.254 e. The van der Waals surface area contributed by atoms with E-state index >= 15 is 0 Å². The number of carbonyl (C=O) groups excluding carboxylic acids is 1. The van der Waals surface area contributed by atoms with Crippen molar-refractivity contribution < 1.29 is 14.3 Å². The summed E-state index contributed by atoms with van der Waals surface area (Å²) in [4.78, 5) is 11.7. The molecule has 0 saturated carbocycles. The third-order valence-electron chi connectivity index (χ3n) is 2.68. The maximum absolute atomic E-state index is 11.7. The minimum Gasteiger partial charge on any atom is -0.493 e. The van der Waals surface area contributed by atoms with Crippen molar-refractivity contribution in [3.05, 3.63) is 42.2 Å². The van der Waals surface area contributed by atoms with Crippen LogP contribution in [0.15, 0.2) is 36.7 Å². The predicted octanol–water partition coefficient (Wildman–Crippen LogP) is 1.24. The van der Waals surface area contributed by atoms with Crippen molar-refractivity contribution in [2.75, 3.05) is 20.3 Å². The van der Waals surface area contributed by atoms with E-state index in [1.165, 1.54) is 6.20 Å². The monoisotopic (exact) mass is 275 g/mol. The second-order valence-corrected chi connectivity index (χ2v) is 4.16. The van der Waals surface area contributed by atoms with Gasteiger partial charge in [0.25, 0.3) is 5.91 Å². The molecule has 0 aliphatic carbocycles. The molecule has 2 aromatic rings. The van der Waals surface area contributed by atoms with Crippen LogP contribution in [-0.4, -0.2) is 35.9 Å². The average molecular weight is 275 g/mol. The van der Waals surface area contributed by atoms with Gasteiger partial charge in [0.05, 0.1) is 25.4 Å². The van der Waals surface area contributed by atoms with Crippen LogP contribution in [0.25, 0.3) is 0 Å². The van der Waals surface area contributed by atoms with Crippen LogP contribution < -0.4 is 14.8 Å². The van der Waals surface area contributed by atoms with E-state index in [4.69, 9.17) is 9.47 Å². The minimum atomic E-state index is -0.165. The average Bonchev–Trinajstić information content (AvgIpc) is 2.90. The number of aryl methyl sites for hydroxylation is 1. The van der Waals surface area contributed by atoms with Gasteiger partial charge in [-0.25, -0.2) is 0 Å². The summed E-state index contributed by atoms with van der Waals surface area (Å²) in [6, 6.07) is 7.38. The number of ether oxygens (including phenoxy) is 2. The van der Waals surface area contributed by atoms with Gasteiger partial charge in [0.15, 0.2) is 11.5 Å². The van der Waals surface area contributed by atoms with Gasteiger partial charge in [-0.1, -0.05) is 12.1 Å². The number of methoxy groups -OCH3 is 1. The number of benzene rings is 1. The minimum absolute atomic E-state index is 0.165.